The number of methoxy groups -OCH3 is 2. The van der Waals surface area contributed by atoms with Crippen LogP contribution >= 0.6 is 0 Å². The van der Waals surface area contributed by atoms with Crippen molar-refractivity contribution in [1.82, 2.24) is 19.6 Å². The Hall–Kier alpha value is -2.50. The van der Waals surface area contributed by atoms with Gasteiger partial charge in [0.1, 0.15) is 69.6 Å². The minimum absolute atomic E-state index is 0. The van der Waals surface area contributed by atoms with Gasteiger partial charge in [-0.2, -0.15) is 0 Å². The fourth-order valence-corrected chi connectivity index (χ4v) is 19.6. The molecule has 0 aromatic rings. The van der Waals surface area contributed by atoms with Crippen LogP contribution in [-0.4, -0.2) is 334 Å². The third-order valence-corrected chi connectivity index (χ3v) is 26.0. The second kappa shape index (κ2) is 48.1. The van der Waals surface area contributed by atoms with Gasteiger partial charge >= 0.3 is 82.8 Å². The van der Waals surface area contributed by atoms with Gasteiger partial charge in [-0.15, -0.1) is 6.58 Å². The monoisotopic (exact) mass is 2100 g/mol. The SMILES string of the molecule is C=CCO[C@H]1[C@H](C)OC(O[C@H]2[C@H](C)[C@@H](O[C@@H]3O[C@H](C)C[C@H](N(C)C)[C@H]3O)[C@](C)(O)C[C@@H](C)CN(C)[C@H](C)[C@@H]3OC(=O)O[C@]3(C)[C@@H](CC)OC(=O)[C@@H]2C)C[C@@]1(C)OC.CC[C@H]1OC(=O)[C@H](C)[C@@H](OC2C[C@@](C)(OC)[C@@H](OCC=O)[C@H](C)O2)[C@H](C)[C@@H](O[C@@H]2O[C@H](C)C[C@H](N(C)C)[C@H]2O)[C@](C)(O)C[C@@H](C)CN(C)[C@H](C)[C@@H]2OC(=O)O[C@]12C.[Na+].[O-][I+3]([O-])([O-])[O-].[O]=[Os](=[O])(=[O])=[O]. The van der Waals surface area contributed by atoms with Crippen molar-refractivity contribution in [2.45, 2.75) is 370 Å². The number of likely N-dealkylation sites (N-methyl/N-ethyl adjacent to an activating group) is 4. The van der Waals surface area contributed by atoms with Gasteiger partial charge < -0.3 is 120 Å². The van der Waals surface area contributed by atoms with Crippen LogP contribution in [0, 0.1) is 35.5 Å². The molecule has 39 nitrogen and oxygen atoms in total. The Bertz CT molecular complexity index is 3440. The van der Waals surface area contributed by atoms with Gasteiger partial charge in [0.25, 0.3) is 0 Å². The molecule has 0 radical (unpaired) electrons. The van der Waals surface area contributed by atoms with Gasteiger partial charge in [-0.3, -0.25) is 33.1 Å². The summed E-state index contributed by atoms with van der Waals surface area (Å²) in [6.45, 7) is 41.9. The molecule has 8 fully saturated rings. The van der Waals surface area contributed by atoms with E-state index in [-0.39, 0.29) is 110 Å². The van der Waals surface area contributed by atoms with Gasteiger partial charge in [-0.1, -0.05) is 47.6 Å². The van der Waals surface area contributed by atoms with E-state index < -0.39 is 227 Å². The molecule has 0 aliphatic carbocycles. The summed E-state index contributed by atoms with van der Waals surface area (Å²) < 4.78 is 182. The fraction of sp³-hybridized carbons (Fsp3) is 0.916. The molecule has 0 saturated carbocycles. The number of aldehydes is 1. The Labute approximate surface area is 768 Å². The summed E-state index contributed by atoms with van der Waals surface area (Å²) in [7, 11) is 14.6. The molecule has 0 bridgehead atoms. The maximum absolute atomic E-state index is 14.6. The molecule has 8 rings (SSSR count). The van der Waals surface area contributed by atoms with Crippen molar-refractivity contribution < 1.29 is 222 Å². The van der Waals surface area contributed by atoms with Crippen LogP contribution in [0.15, 0.2) is 12.7 Å². The van der Waals surface area contributed by atoms with E-state index in [0.29, 0.717) is 51.7 Å². The molecule has 8 saturated heterocycles. The number of hydrogen-bond acceptors (Lipinski definition) is 39. The number of aliphatic hydroxyl groups is 4. The molecule has 8 aliphatic rings. The van der Waals surface area contributed by atoms with Crippen molar-refractivity contribution in [2.24, 2.45) is 35.5 Å². The Morgan fingerprint density at radius 2 is 0.856 bits per heavy atom. The van der Waals surface area contributed by atoms with Crippen LogP contribution in [-0.2, 0) is 129 Å². The molecular formula is C83H146IN4NaO35Os. The van der Waals surface area contributed by atoms with Gasteiger partial charge in [0, 0.05) is 76.2 Å². The van der Waals surface area contributed by atoms with E-state index >= 15 is 0 Å². The van der Waals surface area contributed by atoms with Crippen LogP contribution in [0.5, 0.6) is 0 Å². The molecule has 36 atom stereocenters. The first-order chi connectivity index (χ1) is 57.0. The van der Waals surface area contributed by atoms with Crippen LogP contribution in [0.1, 0.15) is 190 Å². The number of aliphatic hydroxyl groups excluding tert-OH is 2. The summed E-state index contributed by atoms with van der Waals surface area (Å²) in [6, 6.07) is -1.25. The van der Waals surface area contributed by atoms with Crippen molar-refractivity contribution in [3.8, 4) is 0 Å². The van der Waals surface area contributed by atoms with Crippen molar-refractivity contribution >= 4 is 30.5 Å². The Morgan fingerprint density at radius 3 is 1.14 bits per heavy atom. The number of carbonyl (C=O) groups is 5. The molecule has 8 heterocycles. The van der Waals surface area contributed by atoms with Crippen molar-refractivity contribution in [2.75, 3.05) is 82.8 Å². The van der Waals surface area contributed by atoms with Crippen LogP contribution in [0.4, 0.5) is 9.59 Å². The molecular weight excluding hydrogens is 1950 g/mol. The molecule has 0 spiro atoms. The van der Waals surface area contributed by atoms with Crippen molar-refractivity contribution in [3.63, 3.8) is 0 Å². The number of esters is 2. The third kappa shape index (κ3) is 30.8. The number of hydrogen-bond donors (Lipinski definition) is 4. The number of carbonyl (C=O) groups excluding carboxylic acids is 5. The van der Waals surface area contributed by atoms with Crippen LogP contribution in [0.2, 0.25) is 0 Å². The minimum atomic E-state index is -6.06. The summed E-state index contributed by atoms with van der Waals surface area (Å²) in [5.41, 5.74) is -7.50. The van der Waals surface area contributed by atoms with Crippen LogP contribution in [0.3, 0.4) is 0 Å². The van der Waals surface area contributed by atoms with Crippen LogP contribution in [0.25, 0.3) is 0 Å². The first-order valence-corrected chi connectivity index (χ1v) is 50.3. The van der Waals surface area contributed by atoms with E-state index in [4.69, 9.17) is 113 Å². The Kier molecular flexibility index (Phi) is 44.2. The van der Waals surface area contributed by atoms with Crippen LogP contribution < -0.4 is 63.4 Å². The summed E-state index contributed by atoms with van der Waals surface area (Å²) >= 11 is -12.0. The quantitative estimate of drug-likeness (QED) is 0.0228. The average Bonchev–Trinajstić information content (AvgIpc) is 1.59. The standard InChI is InChI=1S/C42H74N2O13.C41H72N2O14.IO4.Na.4O.Os/c1-16-18-50-36-28(8)52-31(21-41(36,10)49-15)54-33-25(5)34(55-38-32(45)29(43(12)13)19-24(4)51-38)40(9,48)20-23(3)22-44(14)27(7)35-42(11,57-39(47)56-35)30(17-2)53-37(46)26(33)6;1-15-29-41(10)34(56-38(47)57-41)26(6)43(13)21-22(2)19-39(8,48)33(55-37-31(45)28(42(11)12)18-23(3)51-37)24(4)32(25(5)36(46)53-29)54-30-20-40(9,49-14)35(27(7)52-30)50-17-16-44;2-1(3,4)5;;;;;;/h16,23-36,38,45,48H,1,17-22H2,2-15H3;16,22-35,37,45,48H,15,17-21H2,1-14H3;;;;;;;/q;;-1;+1;;;;;/t23-,24-,25+,26-,27-,28+,29+,30-,31?,32-,33+,34-,35+,36+,38+,40-,41-,42-;22-,23-,24+,25-,26-,27+,28+,29-,30?,31-,32+,33-,34+,35+,37+,39-,40-,41-;;;;;;;/m11......./s1. The third-order valence-electron chi connectivity index (χ3n) is 26.0. The summed E-state index contributed by atoms with van der Waals surface area (Å²) in [5.74, 6) is -4.92. The van der Waals surface area contributed by atoms with E-state index in [2.05, 4.69) is 11.5 Å². The Morgan fingerprint density at radius 1 is 0.536 bits per heavy atom. The average molecular weight is 2100 g/mol. The number of ether oxygens (including phenoxy) is 18. The molecule has 724 valence electrons. The normalized spacial score (nSPS) is 43.7. The summed E-state index contributed by atoms with van der Waals surface area (Å²) in [6.07, 6.45) is -12.7. The van der Waals surface area contributed by atoms with Crippen molar-refractivity contribution in [1.29, 1.82) is 0 Å². The molecule has 2 unspecified atom stereocenters. The van der Waals surface area contributed by atoms with E-state index in [0.717, 1.165) is 0 Å². The molecule has 4 N–H and O–H groups in total. The molecule has 0 amide bonds. The molecule has 125 heavy (non-hydrogen) atoms. The van der Waals surface area contributed by atoms with Crippen molar-refractivity contribution in [3.05, 3.63) is 12.7 Å². The zero-order valence-electron chi connectivity index (χ0n) is 78.6. The summed E-state index contributed by atoms with van der Waals surface area (Å²) in [5, 5.41) is 48.6. The van der Waals surface area contributed by atoms with E-state index in [1.165, 1.54) is 0 Å². The number of nitrogens with zero attached hydrogens (tertiary/aromatic N) is 4. The van der Waals surface area contributed by atoms with Gasteiger partial charge in [-0.05, 0) is 190 Å². The fourth-order valence-electron chi connectivity index (χ4n) is 19.6. The van der Waals surface area contributed by atoms with Gasteiger partial charge in [0.2, 0.25) is 0 Å². The van der Waals surface area contributed by atoms with E-state index in [9.17, 15) is 44.4 Å². The Balaban J connectivity index is 0.000000469. The second-order valence-corrected chi connectivity index (χ2v) is 41.6. The molecule has 0 aromatic heterocycles. The number of rotatable bonds is 20. The zero-order valence-corrected chi connectivity index (χ0v) is 85.3. The van der Waals surface area contributed by atoms with E-state index in [1.54, 1.807) is 68.8 Å². The number of fused-ring (bicyclic) bond motifs is 2. The predicted molar refractivity (Wildman–Crippen MR) is 421 cm³/mol. The number of cyclic esters (lactones) is 2. The van der Waals surface area contributed by atoms with Gasteiger partial charge in [-0.25, -0.2) is 9.59 Å². The first kappa shape index (κ1) is 115. The molecule has 42 heteroatoms. The summed E-state index contributed by atoms with van der Waals surface area (Å²) in [4.78, 5) is 73.9. The van der Waals surface area contributed by atoms with Gasteiger partial charge in [0.15, 0.2) is 48.6 Å². The maximum atomic E-state index is 14.6. The van der Waals surface area contributed by atoms with E-state index in [1.807, 2.05) is 147 Å². The topological polar surface area (TPSA) is 506 Å². The first-order valence-electron chi connectivity index (χ1n) is 42.6. The predicted octanol–water partition coefficient (Wildman–Crippen LogP) is -3.63. The number of halogens is 1. The second-order valence-electron chi connectivity index (χ2n) is 36.9. The van der Waals surface area contributed by atoms with Gasteiger partial charge in [0.05, 0.1) is 89.7 Å². The molecule has 8 aliphatic heterocycles. The zero-order chi connectivity index (χ0) is 94.6. The molecule has 0 aromatic carbocycles.